The second kappa shape index (κ2) is 7.52. The molecular weight excluding hydrogens is 364 g/mol. The summed E-state index contributed by atoms with van der Waals surface area (Å²) >= 11 is 0. The number of hydrogen-bond acceptors (Lipinski definition) is 7. The van der Waals surface area contributed by atoms with E-state index in [1.807, 2.05) is 36.4 Å². The topological polar surface area (TPSA) is 105 Å². The van der Waals surface area contributed by atoms with Gasteiger partial charge in [-0.25, -0.2) is 4.79 Å². The molecule has 4 rings (SSSR count). The molecule has 0 aliphatic carbocycles. The summed E-state index contributed by atoms with van der Waals surface area (Å²) in [4.78, 5) is 12.4. The molecule has 0 bridgehead atoms. The number of carbonyl (C=O) groups excluding carboxylic acids is 1. The highest BCUT2D eigenvalue weighted by Gasteiger charge is 2.50. The van der Waals surface area contributed by atoms with Gasteiger partial charge in [0.15, 0.2) is 6.10 Å². The summed E-state index contributed by atoms with van der Waals surface area (Å²) in [5.41, 5.74) is 2.99. The van der Waals surface area contributed by atoms with E-state index in [-0.39, 0.29) is 0 Å². The predicted molar refractivity (Wildman–Crippen MR) is 98.2 cm³/mol. The highest BCUT2D eigenvalue weighted by Crippen LogP contribution is 2.40. The van der Waals surface area contributed by atoms with Gasteiger partial charge in [-0.1, -0.05) is 24.3 Å². The molecule has 1 fully saturated rings. The zero-order valence-corrected chi connectivity index (χ0v) is 15.3. The number of methoxy groups -OCH3 is 1. The van der Waals surface area contributed by atoms with Crippen LogP contribution in [0.2, 0.25) is 0 Å². The first-order valence-corrected chi connectivity index (χ1v) is 9.11. The van der Waals surface area contributed by atoms with Crippen molar-refractivity contribution in [3.8, 4) is 5.75 Å². The lowest BCUT2D eigenvalue weighted by molar-refractivity contribution is -0.234. The minimum Gasteiger partial charge on any atom is -0.497 e. The minimum atomic E-state index is -1.33. The first-order valence-electron chi connectivity index (χ1n) is 9.11. The monoisotopic (exact) mass is 386 g/mol. The Bertz CT molecular complexity index is 864. The lowest BCUT2D eigenvalue weighted by Crippen LogP contribution is -2.58. The first kappa shape index (κ1) is 18.9. The van der Waals surface area contributed by atoms with Gasteiger partial charge in [-0.15, -0.1) is 0 Å². The predicted octanol–water partition coefficient (Wildman–Crippen LogP) is 0.979. The summed E-state index contributed by atoms with van der Waals surface area (Å²) in [6.45, 7) is -0.448. The van der Waals surface area contributed by atoms with E-state index in [4.69, 9.17) is 14.2 Å². The van der Waals surface area contributed by atoms with Gasteiger partial charge in [0.05, 0.1) is 19.3 Å². The molecule has 0 radical (unpaired) electrons. The van der Waals surface area contributed by atoms with Gasteiger partial charge in [-0.2, -0.15) is 0 Å². The molecule has 2 aliphatic heterocycles. The van der Waals surface area contributed by atoms with E-state index in [0.29, 0.717) is 17.5 Å². The van der Waals surface area contributed by atoms with Crippen molar-refractivity contribution >= 4 is 5.97 Å². The molecule has 28 heavy (non-hydrogen) atoms. The smallest absolute Gasteiger partial charge is 0.338 e. The second-order valence-electron chi connectivity index (χ2n) is 7.08. The third-order valence-electron chi connectivity index (χ3n) is 5.32. The van der Waals surface area contributed by atoms with E-state index in [0.717, 1.165) is 16.9 Å². The standard InChI is InChI=1S/C21H22O7/c1-26-13-5-2-11(3-6-13)8-12-4-7-14-15(9-12)19-20(28-21(14)25)18(24)17(23)16(10-22)27-19/h2-7,9,16-20,22-24H,8,10H2,1H3/t16-,17-,18+,19+,20-/m1/s1. The Kier molecular flexibility index (Phi) is 5.07. The number of fused-ring (bicyclic) bond motifs is 3. The van der Waals surface area contributed by atoms with E-state index < -0.39 is 43.1 Å². The maximum atomic E-state index is 12.4. The number of aliphatic hydroxyl groups excluding tert-OH is 3. The summed E-state index contributed by atoms with van der Waals surface area (Å²) < 4.78 is 16.3. The normalized spacial score (nSPS) is 28.9. The molecule has 0 aromatic heterocycles. The molecule has 0 saturated carbocycles. The molecule has 148 valence electrons. The molecule has 5 atom stereocenters. The van der Waals surface area contributed by atoms with Gasteiger partial charge in [0.2, 0.25) is 0 Å². The maximum Gasteiger partial charge on any atom is 0.338 e. The Morgan fingerprint density at radius 2 is 1.75 bits per heavy atom. The van der Waals surface area contributed by atoms with Crippen LogP contribution in [0.15, 0.2) is 42.5 Å². The van der Waals surface area contributed by atoms with Crippen molar-refractivity contribution in [2.75, 3.05) is 13.7 Å². The van der Waals surface area contributed by atoms with Crippen LogP contribution in [-0.2, 0) is 15.9 Å². The molecule has 7 nitrogen and oxygen atoms in total. The number of esters is 1. The van der Waals surface area contributed by atoms with Crippen LogP contribution >= 0.6 is 0 Å². The van der Waals surface area contributed by atoms with Crippen LogP contribution in [0, 0.1) is 0 Å². The first-order chi connectivity index (χ1) is 13.5. The molecule has 2 heterocycles. The van der Waals surface area contributed by atoms with E-state index in [9.17, 15) is 20.1 Å². The Morgan fingerprint density at radius 3 is 2.43 bits per heavy atom. The second-order valence-corrected chi connectivity index (χ2v) is 7.08. The molecule has 2 aliphatic rings. The van der Waals surface area contributed by atoms with Crippen molar-refractivity contribution in [1.29, 1.82) is 0 Å². The average molecular weight is 386 g/mol. The third-order valence-corrected chi connectivity index (χ3v) is 5.32. The van der Waals surface area contributed by atoms with Gasteiger partial charge in [-0.05, 0) is 41.3 Å². The third kappa shape index (κ3) is 3.27. The van der Waals surface area contributed by atoms with Crippen molar-refractivity contribution in [3.63, 3.8) is 0 Å². The van der Waals surface area contributed by atoms with Gasteiger partial charge >= 0.3 is 5.97 Å². The molecule has 2 aromatic carbocycles. The number of benzene rings is 2. The molecular formula is C21H22O7. The molecule has 3 N–H and O–H groups in total. The quantitative estimate of drug-likeness (QED) is 0.673. The minimum absolute atomic E-state index is 0.361. The number of hydrogen-bond donors (Lipinski definition) is 3. The summed E-state index contributed by atoms with van der Waals surface area (Å²) in [7, 11) is 1.61. The van der Waals surface area contributed by atoms with Gasteiger partial charge in [0.25, 0.3) is 0 Å². The SMILES string of the molecule is COc1ccc(Cc2ccc3c(c2)[C@@H]2O[C@H](CO)[C@@H](O)[C@H](O)[C@H]2OC3=O)cc1. The van der Waals surface area contributed by atoms with Crippen LogP contribution in [0.3, 0.4) is 0 Å². The Balaban J connectivity index is 1.65. The van der Waals surface area contributed by atoms with E-state index in [1.165, 1.54) is 0 Å². The van der Waals surface area contributed by atoms with Crippen molar-refractivity contribution in [3.05, 3.63) is 64.7 Å². The largest absolute Gasteiger partial charge is 0.497 e. The van der Waals surface area contributed by atoms with Crippen molar-refractivity contribution in [2.24, 2.45) is 0 Å². The van der Waals surface area contributed by atoms with Crippen LogP contribution in [0.4, 0.5) is 0 Å². The Labute approximate surface area is 162 Å². The molecule has 7 heteroatoms. The van der Waals surface area contributed by atoms with E-state index >= 15 is 0 Å². The summed E-state index contributed by atoms with van der Waals surface area (Å²) in [6, 6.07) is 13.1. The Hall–Kier alpha value is -2.45. The number of aliphatic hydroxyl groups is 3. The van der Waals surface area contributed by atoms with Crippen molar-refractivity contribution in [1.82, 2.24) is 0 Å². The molecule has 2 aromatic rings. The summed E-state index contributed by atoms with van der Waals surface area (Å²) in [6.07, 6.45) is -4.75. The number of carbonyl (C=O) groups is 1. The van der Waals surface area contributed by atoms with Gasteiger partial charge < -0.3 is 29.5 Å². The molecule has 0 spiro atoms. The lowest BCUT2D eigenvalue weighted by Gasteiger charge is -2.44. The summed E-state index contributed by atoms with van der Waals surface area (Å²) in [5, 5.41) is 29.9. The number of ether oxygens (including phenoxy) is 3. The fraction of sp³-hybridized carbons (Fsp3) is 0.381. The fourth-order valence-corrected chi connectivity index (χ4v) is 3.78. The molecule has 0 unspecified atom stereocenters. The zero-order valence-electron chi connectivity index (χ0n) is 15.3. The fourth-order valence-electron chi connectivity index (χ4n) is 3.78. The van der Waals surface area contributed by atoms with Crippen molar-refractivity contribution in [2.45, 2.75) is 36.9 Å². The van der Waals surface area contributed by atoms with Crippen LogP contribution < -0.4 is 4.74 Å². The van der Waals surface area contributed by atoms with Crippen LogP contribution in [-0.4, -0.2) is 59.4 Å². The zero-order chi connectivity index (χ0) is 19.8. The van der Waals surface area contributed by atoms with Gasteiger partial charge in [0.1, 0.15) is 30.2 Å². The van der Waals surface area contributed by atoms with Crippen molar-refractivity contribution < 1.29 is 34.3 Å². The van der Waals surface area contributed by atoms with E-state index in [2.05, 4.69) is 0 Å². The lowest BCUT2D eigenvalue weighted by atomic mass is 9.85. The van der Waals surface area contributed by atoms with Crippen LogP contribution in [0.25, 0.3) is 0 Å². The molecule has 0 amide bonds. The summed E-state index contributed by atoms with van der Waals surface area (Å²) in [5.74, 6) is 0.211. The van der Waals surface area contributed by atoms with Gasteiger partial charge in [0, 0.05) is 0 Å². The van der Waals surface area contributed by atoms with E-state index in [1.54, 1.807) is 13.2 Å². The maximum absolute atomic E-state index is 12.4. The van der Waals surface area contributed by atoms with Crippen LogP contribution in [0.1, 0.15) is 33.2 Å². The van der Waals surface area contributed by atoms with Crippen LogP contribution in [0.5, 0.6) is 5.75 Å². The number of rotatable bonds is 4. The van der Waals surface area contributed by atoms with Gasteiger partial charge in [-0.3, -0.25) is 0 Å². The molecule has 1 saturated heterocycles. The average Bonchev–Trinajstić information content (AvgIpc) is 2.72. The Morgan fingerprint density at radius 1 is 1.04 bits per heavy atom. The highest BCUT2D eigenvalue weighted by molar-refractivity contribution is 5.92. The highest BCUT2D eigenvalue weighted by atomic mass is 16.6.